The largest absolute Gasteiger partial charge is 0.295 e. The second kappa shape index (κ2) is 6.03. The summed E-state index contributed by atoms with van der Waals surface area (Å²) in [4.78, 5) is 2.45. The maximum absolute atomic E-state index is 9.44. The van der Waals surface area contributed by atoms with Crippen LogP contribution in [0.15, 0.2) is 36.4 Å². The van der Waals surface area contributed by atoms with Crippen LogP contribution in [0.3, 0.4) is 0 Å². The Hall–Kier alpha value is -1.59. The molecule has 110 valence electrons. The van der Waals surface area contributed by atoms with E-state index in [1.54, 1.807) is 0 Å². The minimum Gasteiger partial charge on any atom is -0.295 e. The summed E-state index contributed by atoms with van der Waals surface area (Å²) in [5, 5.41) is 9.44. The van der Waals surface area contributed by atoms with E-state index in [2.05, 4.69) is 61.3 Å². The van der Waals surface area contributed by atoms with Crippen molar-refractivity contribution in [1.29, 1.82) is 5.26 Å². The first-order chi connectivity index (χ1) is 10.3. The third-order valence-corrected chi connectivity index (χ3v) is 5.26. The van der Waals surface area contributed by atoms with Crippen molar-refractivity contribution in [2.45, 2.75) is 44.7 Å². The van der Waals surface area contributed by atoms with Crippen molar-refractivity contribution in [3.8, 4) is 6.07 Å². The van der Waals surface area contributed by atoms with Crippen molar-refractivity contribution < 1.29 is 0 Å². The van der Waals surface area contributed by atoms with Gasteiger partial charge < -0.3 is 0 Å². The van der Waals surface area contributed by atoms with Crippen LogP contribution in [0.1, 0.15) is 38.2 Å². The van der Waals surface area contributed by atoms with E-state index in [0.29, 0.717) is 18.0 Å². The lowest BCUT2D eigenvalue weighted by Gasteiger charge is -2.38. The van der Waals surface area contributed by atoms with E-state index in [-0.39, 0.29) is 5.92 Å². The first-order valence-corrected chi connectivity index (χ1v) is 8.15. The van der Waals surface area contributed by atoms with Crippen LogP contribution >= 0.6 is 0 Å². The van der Waals surface area contributed by atoms with E-state index in [1.165, 1.54) is 30.4 Å². The molecule has 0 aromatic heterocycles. The van der Waals surface area contributed by atoms with Crippen molar-refractivity contribution in [1.82, 2.24) is 4.90 Å². The molecular formula is C19H24N2. The summed E-state index contributed by atoms with van der Waals surface area (Å²) in [6.45, 7) is 2.26. The van der Waals surface area contributed by atoms with Crippen molar-refractivity contribution in [3.63, 3.8) is 0 Å². The van der Waals surface area contributed by atoms with E-state index in [1.807, 2.05) is 0 Å². The lowest BCUT2D eigenvalue weighted by molar-refractivity contribution is 0.207. The van der Waals surface area contributed by atoms with Gasteiger partial charge in [-0.15, -0.1) is 0 Å². The highest BCUT2D eigenvalue weighted by Gasteiger charge is 2.46. The highest BCUT2D eigenvalue weighted by molar-refractivity contribution is 5.70. The van der Waals surface area contributed by atoms with Crippen LogP contribution in [0.5, 0.6) is 0 Å². The summed E-state index contributed by atoms with van der Waals surface area (Å²) in [6, 6.07) is 14.1. The highest BCUT2D eigenvalue weighted by Crippen LogP contribution is 2.46. The zero-order chi connectivity index (χ0) is 14.8. The Kier molecular flexibility index (Phi) is 4.12. The number of unbranched alkanes of at least 4 members (excludes halogenated alkanes) is 1. The van der Waals surface area contributed by atoms with Crippen molar-refractivity contribution >= 4 is 5.57 Å². The molecule has 1 aromatic rings. The maximum atomic E-state index is 9.44. The van der Waals surface area contributed by atoms with E-state index < -0.39 is 0 Å². The van der Waals surface area contributed by atoms with Gasteiger partial charge in [0.05, 0.1) is 12.0 Å². The molecule has 0 amide bonds. The fourth-order valence-electron chi connectivity index (χ4n) is 4.11. The summed E-state index contributed by atoms with van der Waals surface area (Å²) in [6.07, 6.45) is 7.14. The number of nitrogens with zero attached hydrogens (tertiary/aromatic N) is 2. The maximum Gasteiger partial charge on any atom is 0.0676 e. The molecule has 2 bridgehead atoms. The minimum absolute atomic E-state index is 0.158. The average molecular weight is 280 g/mol. The van der Waals surface area contributed by atoms with Crippen molar-refractivity contribution in [2.75, 3.05) is 7.05 Å². The Morgan fingerprint density at radius 1 is 1.29 bits per heavy atom. The van der Waals surface area contributed by atoms with Gasteiger partial charge in [0.1, 0.15) is 0 Å². The SMILES string of the molecule is CCCC[C@H]1C(c2ccccc2)=C[C@@H]2[C@@H](C#N)C[C@H]1N2C. The molecule has 21 heavy (non-hydrogen) atoms. The second-order valence-electron chi connectivity index (χ2n) is 6.43. The van der Waals surface area contributed by atoms with Crippen LogP contribution in [0, 0.1) is 23.2 Å². The van der Waals surface area contributed by atoms with Crippen LogP contribution in [0.2, 0.25) is 0 Å². The second-order valence-corrected chi connectivity index (χ2v) is 6.43. The lowest BCUT2D eigenvalue weighted by Crippen LogP contribution is -2.41. The Bertz CT molecular complexity index is 555. The molecule has 2 nitrogen and oxygen atoms in total. The topological polar surface area (TPSA) is 27.0 Å². The number of benzene rings is 1. The fraction of sp³-hybridized carbons (Fsp3) is 0.526. The summed E-state index contributed by atoms with van der Waals surface area (Å²) >= 11 is 0. The molecule has 2 heteroatoms. The molecule has 2 aliphatic heterocycles. The average Bonchev–Trinajstić information content (AvgIpc) is 2.74. The number of nitriles is 1. The van der Waals surface area contributed by atoms with Gasteiger partial charge in [-0.05, 0) is 36.9 Å². The number of hydrogen-bond acceptors (Lipinski definition) is 2. The molecule has 1 aromatic carbocycles. The molecule has 1 saturated heterocycles. The number of fused-ring (bicyclic) bond motifs is 2. The first-order valence-electron chi connectivity index (χ1n) is 8.15. The van der Waals surface area contributed by atoms with Gasteiger partial charge in [0.2, 0.25) is 0 Å². The standard InChI is InChI=1S/C19H24N2/c1-3-4-10-16-17(14-8-6-5-7-9-14)12-18-15(13-20)11-19(16)21(18)2/h5-9,12,15-16,18-19H,3-4,10-11H2,1-2H3/t15-,16+,18-,19-/m1/s1. The summed E-state index contributed by atoms with van der Waals surface area (Å²) < 4.78 is 0. The molecule has 0 aliphatic carbocycles. The molecule has 2 aliphatic rings. The van der Waals surface area contributed by atoms with Gasteiger partial charge in [0, 0.05) is 12.1 Å². The Labute approximate surface area is 128 Å². The van der Waals surface area contributed by atoms with Gasteiger partial charge >= 0.3 is 0 Å². The molecule has 2 heterocycles. The summed E-state index contributed by atoms with van der Waals surface area (Å²) in [5.74, 6) is 0.734. The number of hydrogen-bond donors (Lipinski definition) is 0. The zero-order valence-corrected chi connectivity index (χ0v) is 13.0. The van der Waals surface area contributed by atoms with E-state index in [4.69, 9.17) is 0 Å². The third kappa shape index (κ3) is 2.51. The van der Waals surface area contributed by atoms with Crippen molar-refractivity contribution in [3.05, 3.63) is 42.0 Å². The molecule has 3 rings (SSSR count). The van der Waals surface area contributed by atoms with Gasteiger partial charge in [-0.3, -0.25) is 4.90 Å². The third-order valence-electron chi connectivity index (χ3n) is 5.26. The van der Waals surface area contributed by atoms with Crippen LogP contribution in [-0.4, -0.2) is 24.0 Å². The zero-order valence-electron chi connectivity index (χ0n) is 13.0. The molecule has 0 unspecified atom stereocenters. The predicted octanol–water partition coefficient (Wildman–Crippen LogP) is 4.10. The molecule has 0 saturated carbocycles. The highest BCUT2D eigenvalue weighted by atomic mass is 15.2. The molecule has 0 radical (unpaired) electrons. The number of rotatable bonds is 4. The van der Waals surface area contributed by atoms with Crippen LogP contribution in [-0.2, 0) is 0 Å². The van der Waals surface area contributed by atoms with Crippen LogP contribution < -0.4 is 0 Å². The van der Waals surface area contributed by atoms with Crippen LogP contribution in [0.4, 0.5) is 0 Å². The van der Waals surface area contributed by atoms with Gasteiger partial charge in [-0.1, -0.05) is 56.2 Å². The van der Waals surface area contributed by atoms with Crippen LogP contribution in [0.25, 0.3) is 5.57 Å². The minimum atomic E-state index is 0.158. The van der Waals surface area contributed by atoms with Gasteiger partial charge in [0.15, 0.2) is 0 Å². The molecule has 0 N–H and O–H groups in total. The van der Waals surface area contributed by atoms with E-state index in [0.717, 1.165) is 6.42 Å². The first kappa shape index (κ1) is 14.4. The Balaban J connectivity index is 1.98. The van der Waals surface area contributed by atoms with Gasteiger partial charge in [0.25, 0.3) is 0 Å². The number of likely N-dealkylation sites (N-methyl/N-ethyl adjacent to an activating group) is 1. The molecule has 1 fully saturated rings. The predicted molar refractivity (Wildman–Crippen MR) is 86.5 cm³/mol. The fourth-order valence-corrected chi connectivity index (χ4v) is 4.11. The Morgan fingerprint density at radius 2 is 2.05 bits per heavy atom. The molecular weight excluding hydrogens is 256 g/mol. The van der Waals surface area contributed by atoms with E-state index in [9.17, 15) is 5.26 Å². The quantitative estimate of drug-likeness (QED) is 0.830. The van der Waals surface area contributed by atoms with Gasteiger partial charge in [-0.2, -0.15) is 5.26 Å². The molecule has 4 atom stereocenters. The Morgan fingerprint density at radius 3 is 2.71 bits per heavy atom. The lowest BCUT2D eigenvalue weighted by atomic mass is 9.81. The summed E-state index contributed by atoms with van der Waals surface area (Å²) in [5.41, 5.74) is 2.83. The monoisotopic (exact) mass is 280 g/mol. The van der Waals surface area contributed by atoms with Gasteiger partial charge in [-0.25, -0.2) is 0 Å². The van der Waals surface area contributed by atoms with Crippen molar-refractivity contribution in [2.24, 2.45) is 11.8 Å². The molecule has 0 spiro atoms. The van der Waals surface area contributed by atoms with E-state index >= 15 is 0 Å². The normalized spacial score (nSPS) is 31.8. The smallest absolute Gasteiger partial charge is 0.0676 e. The summed E-state index contributed by atoms with van der Waals surface area (Å²) in [7, 11) is 2.20.